The lowest BCUT2D eigenvalue weighted by Crippen LogP contribution is -2.34. The first kappa shape index (κ1) is 29.0. The number of rotatable bonds is 6. The Morgan fingerprint density at radius 1 is 1.15 bits per heavy atom. The fourth-order valence-electron chi connectivity index (χ4n) is 1.90. The maximum Gasteiger partial charge on any atom is 0.333 e. The number of amides is 3. The number of esters is 1. The first-order valence-corrected chi connectivity index (χ1v) is 10.8. The van der Waals surface area contributed by atoms with Gasteiger partial charge in [0.05, 0.1) is 17.7 Å². The van der Waals surface area contributed by atoms with Crippen LogP contribution in [0.3, 0.4) is 0 Å². The highest BCUT2D eigenvalue weighted by Gasteiger charge is 2.10. The maximum atomic E-state index is 10.7. The van der Waals surface area contributed by atoms with Crippen LogP contribution in [0.1, 0.15) is 19.4 Å². The molecule has 178 valence electrons. The molecule has 0 spiro atoms. The molecule has 0 aliphatic heterocycles. The van der Waals surface area contributed by atoms with E-state index in [1.165, 1.54) is 12.1 Å². The van der Waals surface area contributed by atoms with Gasteiger partial charge in [-0.2, -0.15) is 8.42 Å². The molecule has 0 heterocycles. The summed E-state index contributed by atoms with van der Waals surface area (Å²) in [6, 6.07) is 14.4. The Bertz CT molecular complexity index is 1070. The summed E-state index contributed by atoms with van der Waals surface area (Å²) in [5, 5.41) is 0.752. The number of nitrogens with zero attached hydrogens (tertiary/aromatic N) is 1. The van der Waals surface area contributed by atoms with Crippen molar-refractivity contribution in [3.63, 3.8) is 0 Å². The van der Waals surface area contributed by atoms with Crippen LogP contribution in [0.25, 0.3) is 6.08 Å². The molecule has 0 radical (unpaired) electrons. The number of imide groups is 1. The number of hydrogen-bond donors (Lipinski definition) is 3. The van der Waals surface area contributed by atoms with E-state index in [1.54, 1.807) is 56.3 Å². The summed E-state index contributed by atoms with van der Waals surface area (Å²) in [4.78, 5) is 32.4. The van der Waals surface area contributed by atoms with Gasteiger partial charge in [0, 0.05) is 11.3 Å². The van der Waals surface area contributed by atoms with Gasteiger partial charge in [0.2, 0.25) is 6.41 Å². The van der Waals surface area contributed by atoms with E-state index in [-0.39, 0.29) is 5.97 Å². The van der Waals surface area contributed by atoms with Crippen LogP contribution in [0, 0.1) is 0 Å². The van der Waals surface area contributed by atoms with Gasteiger partial charge in [0.15, 0.2) is 0 Å². The lowest BCUT2D eigenvalue weighted by Gasteiger charge is -2.12. The van der Waals surface area contributed by atoms with Crippen molar-refractivity contribution >= 4 is 46.0 Å². The standard InChI is InChI=1S/C8H9N3O2.C8H8O3S.C6H10O2/c9-6-2-1-3-7(4-6)11(5-12)8(10)13;9-12(10,11)7-6-8-4-2-1-3-5-8;1-4-8-6(7)5(2)3/h1-5H,9H2,(H2,10,13);1-7H,(H,9,10,11);2,4H2,1,3H3. The predicted molar refractivity (Wildman–Crippen MR) is 127 cm³/mol. The molecule has 11 heteroatoms. The molecule has 33 heavy (non-hydrogen) atoms. The number of nitrogen functional groups attached to an aromatic ring is 1. The average molecular weight is 478 g/mol. The minimum Gasteiger partial charge on any atom is -0.463 e. The van der Waals surface area contributed by atoms with Crippen LogP contribution < -0.4 is 16.4 Å². The number of carbonyl (C=O) groups is 3. The molecule has 0 fully saturated rings. The maximum absolute atomic E-state index is 10.7. The van der Waals surface area contributed by atoms with Crippen LogP contribution in [0.2, 0.25) is 0 Å². The Hall–Kier alpha value is -3.96. The van der Waals surface area contributed by atoms with Crippen LogP contribution in [0.15, 0.2) is 72.2 Å². The molecular weight excluding hydrogens is 450 g/mol. The van der Waals surface area contributed by atoms with Crippen molar-refractivity contribution in [2.75, 3.05) is 17.2 Å². The summed E-state index contributed by atoms with van der Waals surface area (Å²) in [6.07, 6.45) is 1.67. The molecule has 5 N–H and O–H groups in total. The zero-order valence-corrected chi connectivity index (χ0v) is 19.1. The van der Waals surface area contributed by atoms with Crippen molar-refractivity contribution in [2.45, 2.75) is 13.8 Å². The van der Waals surface area contributed by atoms with E-state index in [2.05, 4.69) is 11.3 Å². The third-order valence-corrected chi connectivity index (χ3v) is 3.83. The highest BCUT2D eigenvalue weighted by atomic mass is 32.2. The minimum absolute atomic E-state index is 0.312. The molecule has 0 saturated carbocycles. The first-order chi connectivity index (χ1) is 15.4. The van der Waals surface area contributed by atoms with Gasteiger partial charge in [-0.15, -0.1) is 0 Å². The summed E-state index contributed by atoms with van der Waals surface area (Å²) < 4.78 is 33.5. The SMILES string of the molecule is C=C(C)C(=O)OCC.NC(=O)N(C=O)c1cccc(N)c1.O=S(=O)(O)C=Cc1ccccc1. The van der Waals surface area contributed by atoms with E-state index >= 15 is 0 Å². The Labute approximate surface area is 192 Å². The van der Waals surface area contributed by atoms with Gasteiger partial charge in [-0.1, -0.05) is 43.0 Å². The number of anilines is 2. The topological polar surface area (TPSA) is 170 Å². The van der Waals surface area contributed by atoms with Crippen LogP contribution in [-0.4, -0.2) is 38.0 Å². The summed E-state index contributed by atoms with van der Waals surface area (Å²) in [6.45, 7) is 7.21. The van der Waals surface area contributed by atoms with Gasteiger partial charge >= 0.3 is 12.0 Å². The van der Waals surface area contributed by atoms with Gasteiger partial charge < -0.3 is 16.2 Å². The largest absolute Gasteiger partial charge is 0.463 e. The van der Waals surface area contributed by atoms with Crippen molar-refractivity contribution in [3.05, 3.63) is 77.7 Å². The Morgan fingerprint density at radius 2 is 1.76 bits per heavy atom. The monoisotopic (exact) mass is 477 g/mol. The molecule has 2 rings (SSSR count). The number of urea groups is 1. The second kappa shape index (κ2) is 14.9. The van der Waals surface area contributed by atoms with Gasteiger partial charge in [-0.05, 0) is 43.7 Å². The molecule has 3 amide bonds. The Kier molecular flexibility index (Phi) is 13.2. The van der Waals surface area contributed by atoms with Gasteiger partial charge in [-0.3, -0.25) is 9.35 Å². The minimum atomic E-state index is -4.00. The Morgan fingerprint density at radius 3 is 2.15 bits per heavy atom. The lowest BCUT2D eigenvalue weighted by atomic mass is 10.2. The number of ether oxygens (including phenoxy) is 1. The number of nitrogens with two attached hydrogens (primary N) is 2. The fourth-order valence-corrected chi connectivity index (χ4v) is 2.23. The second-order valence-corrected chi connectivity index (χ2v) is 7.44. The highest BCUT2D eigenvalue weighted by molar-refractivity contribution is 7.88. The quantitative estimate of drug-likeness (QED) is 0.187. The van der Waals surface area contributed by atoms with E-state index in [9.17, 15) is 22.8 Å². The molecule has 0 aromatic heterocycles. The smallest absolute Gasteiger partial charge is 0.333 e. The van der Waals surface area contributed by atoms with Crippen LogP contribution in [0.5, 0.6) is 0 Å². The van der Waals surface area contributed by atoms with Crippen molar-refractivity contribution < 1.29 is 32.1 Å². The third-order valence-electron chi connectivity index (χ3n) is 3.35. The molecule has 10 nitrogen and oxygen atoms in total. The molecule has 0 unspecified atom stereocenters. The van der Waals surface area contributed by atoms with Gasteiger partial charge in [0.1, 0.15) is 0 Å². The van der Waals surface area contributed by atoms with Gasteiger partial charge in [-0.25, -0.2) is 14.5 Å². The van der Waals surface area contributed by atoms with E-state index in [4.69, 9.17) is 16.0 Å². The average Bonchev–Trinajstić information content (AvgIpc) is 2.74. The third kappa shape index (κ3) is 13.9. The van der Waals surface area contributed by atoms with Crippen molar-refractivity contribution in [2.24, 2.45) is 5.73 Å². The molecule has 0 aliphatic rings. The number of carbonyl (C=O) groups excluding carboxylic acids is 3. The van der Waals surface area contributed by atoms with Crippen molar-refractivity contribution in [3.8, 4) is 0 Å². The molecule has 0 saturated heterocycles. The Balaban J connectivity index is 0.000000480. The van der Waals surface area contributed by atoms with E-state index in [1.807, 2.05) is 6.07 Å². The van der Waals surface area contributed by atoms with E-state index in [0.29, 0.717) is 30.0 Å². The lowest BCUT2D eigenvalue weighted by molar-refractivity contribution is -0.138. The zero-order valence-electron chi connectivity index (χ0n) is 18.2. The van der Waals surface area contributed by atoms with Crippen molar-refractivity contribution in [1.82, 2.24) is 0 Å². The number of benzene rings is 2. The summed E-state index contributed by atoms with van der Waals surface area (Å²) in [5.74, 6) is -0.312. The first-order valence-electron chi connectivity index (χ1n) is 9.34. The number of primary amides is 1. The molecule has 2 aromatic rings. The summed E-state index contributed by atoms with van der Waals surface area (Å²) in [5.41, 5.74) is 12.4. The zero-order chi connectivity index (χ0) is 25.4. The highest BCUT2D eigenvalue weighted by Crippen LogP contribution is 2.15. The molecule has 0 bridgehead atoms. The van der Waals surface area contributed by atoms with Gasteiger partial charge in [0.25, 0.3) is 10.1 Å². The van der Waals surface area contributed by atoms with E-state index < -0.39 is 16.1 Å². The molecule has 2 aromatic carbocycles. The number of hydrogen-bond acceptors (Lipinski definition) is 7. The van der Waals surface area contributed by atoms with Crippen LogP contribution in [0.4, 0.5) is 16.2 Å². The normalized spacial score (nSPS) is 10.0. The molecular formula is C22H27N3O7S. The van der Waals surface area contributed by atoms with E-state index in [0.717, 1.165) is 15.9 Å². The fraction of sp³-hybridized carbons (Fsp3) is 0.136. The molecule has 0 atom stereocenters. The van der Waals surface area contributed by atoms with Crippen molar-refractivity contribution in [1.29, 1.82) is 0 Å². The van der Waals surface area contributed by atoms with Crippen LogP contribution in [-0.2, 0) is 24.4 Å². The van der Waals surface area contributed by atoms with Crippen LogP contribution >= 0.6 is 0 Å². The molecule has 0 aliphatic carbocycles. The predicted octanol–water partition coefficient (Wildman–Crippen LogP) is 2.98. The summed E-state index contributed by atoms with van der Waals surface area (Å²) in [7, 11) is -4.00. The second-order valence-electron chi connectivity index (χ2n) is 6.14. The summed E-state index contributed by atoms with van der Waals surface area (Å²) >= 11 is 0.